The van der Waals surface area contributed by atoms with Crippen LogP contribution in [0.1, 0.15) is 55.6 Å². The number of aryl methyl sites for hydroxylation is 6. The Morgan fingerprint density at radius 2 is 0.684 bits per heavy atom. The lowest BCUT2D eigenvalue weighted by molar-refractivity contribution is 0.454. The highest BCUT2D eigenvalue weighted by Gasteiger charge is 2.19. The van der Waals surface area contributed by atoms with Crippen LogP contribution in [-0.2, 0) is 0 Å². The van der Waals surface area contributed by atoms with Crippen LogP contribution in [0.5, 0.6) is 34.5 Å². The van der Waals surface area contributed by atoms with Gasteiger partial charge < -0.3 is 19.7 Å². The van der Waals surface area contributed by atoms with Crippen molar-refractivity contribution in [2.45, 2.75) is 69.2 Å². The fourth-order valence-corrected chi connectivity index (χ4v) is 5.18. The van der Waals surface area contributed by atoms with E-state index in [9.17, 15) is 10.2 Å². The van der Waals surface area contributed by atoms with E-state index in [1.807, 2.05) is 52.0 Å². The van der Waals surface area contributed by atoms with E-state index < -0.39 is 0 Å². The van der Waals surface area contributed by atoms with Crippen LogP contribution < -0.4 is 9.47 Å². The minimum absolute atomic E-state index is 0.307. The third-order valence-corrected chi connectivity index (χ3v) is 7.71. The van der Waals surface area contributed by atoms with E-state index in [4.69, 9.17) is 9.47 Å². The summed E-state index contributed by atoms with van der Waals surface area (Å²) >= 11 is 0. The Hall–Kier alpha value is -3.92. The van der Waals surface area contributed by atoms with Crippen molar-refractivity contribution < 1.29 is 19.7 Å². The van der Waals surface area contributed by atoms with Crippen molar-refractivity contribution in [2.75, 3.05) is 0 Å². The van der Waals surface area contributed by atoms with Gasteiger partial charge in [-0.1, -0.05) is 0 Å². The van der Waals surface area contributed by atoms with Gasteiger partial charge in [-0.3, -0.25) is 0 Å². The van der Waals surface area contributed by atoms with Gasteiger partial charge in [0.2, 0.25) is 0 Å². The molecule has 0 radical (unpaired) electrons. The van der Waals surface area contributed by atoms with E-state index in [1.165, 1.54) is 11.1 Å². The van der Waals surface area contributed by atoms with Gasteiger partial charge in [0.05, 0.1) is 0 Å². The Kier molecular flexibility index (Phi) is 7.20. The second-order valence-corrected chi connectivity index (χ2v) is 10.7. The Labute approximate surface area is 226 Å². The molecular weight excluding hydrogens is 472 g/mol. The third-order valence-electron chi connectivity index (χ3n) is 7.71. The number of phenols is 2. The van der Waals surface area contributed by atoms with Crippen LogP contribution in [0.25, 0.3) is 11.1 Å². The maximum absolute atomic E-state index is 10.1. The number of phenolic OH excluding ortho intramolecular Hbond substituents is 2. The number of benzene rings is 4. The van der Waals surface area contributed by atoms with E-state index in [0.29, 0.717) is 11.5 Å². The predicted octanol–water partition coefficient (Wildman–Crippen LogP) is 9.43. The molecule has 0 spiro atoms. The molecule has 0 saturated carbocycles. The van der Waals surface area contributed by atoms with Crippen LogP contribution in [0, 0.1) is 69.2 Å². The normalized spacial score (nSPS) is 11.1. The quantitative estimate of drug-likeness (QED) is 0.281. The molecule has 198 valence electrons. The first-order valence-electron chi connectivity index (χ1n) is 13.0. The van der Waals surface area contributed by atoms with Crippen LogP contribution >= 0.6 is 0 Å². The molecule has 0 fully saturated rings. The average Bonchev–Trinajstić information content (AvgIpc) is 2.85. The molecule has 4 aromatic rings. The van der Waals surface area contributed by atoms with Gasteiger partial charge in [-0.25, -0.2) is 0 Å². The zero-order chi connectivity index (χ0) is 28.0. The predicted molar refractivity (Wildman–Crippen MR) is 156 cm³/mol. The molecule has 0 bridgehead atoms. The monoisotopic (exact) mass is 510 g/mol. The molecule has 0 unspecified atom stereocenters. The molecule has 0 aliphatic rings. The summed E-state index contributed by atoms with van der Waals surface area (Å²) in [5.74, 6) is 3.75. The SMILES string of the molecule is Cc1cc(Oc2c(C)cc(-c3cc(C)c(Oc4cc(C)c(O)c(C)c4)c(C)c3C)c(C)c2C)cc(C)c1O. The van der Waals surface area contributed by atoms with Crippen LogP contribution in [0.4, 0.5) is 0 Å². The fraction of sp³-hybridized carbons (Fsp3) is 0.294. The summed E-state index contributed by atoms with van der Waals surface area (Å²) in [7, 11) is 0. The highest BCUT2D eigenvalue weighted by molar-refractivity contribution is 5.77. The lowest BCUT2D eigenvalue weighted by Crippen LogP contribution is -2.01. The first kappa shape index (κ1) is 27.1. The van der Waals surface area contributed by atoms with Crippen molar-refractivity contribution >= 4 is 0 Å². The van der Waals surface area contributed by atoms with E-state index in [0.717, 1.165) is 78.6 Å². The molecule has 4 rings (SSSR count). The molecule has 4 nitrogen and oxygen atoms in total. The van der Waals surface area contributed by atoms with E-state index in [1.54, 1.807) is 0 Å². The Bertz CT molecular complexity index is 1410. The molecule has 4 aromatic carbocycles. The Morgan fingerprint density at radius 3 is 0.974 bits per heavy atom. The molecule has 0 aromatic heterocycles. The van der Waals surface area contributed by atoms with Crippen molar-refractivity contribution in [2.24, 2.45) is 0 Å². The van der Waals surface area contributed by atoms with Crippen molar-refractivity contribution in [3.63, 3.8) is 0 Å². The fourth-order valence-electron chi connectivity index (χ4n) is 5.18. The molecule has 0 aliphatic heterocycles. The maximum Gasteiger partial charge on any atom is 0.133 e. The number of rotatable bonds is 5. The number of ether oxygens (including phenoxy) is 2. The van der Waals surface area contributed by atoms with Gasteiger partial charge in [0.25, 0.3) is 0 Å². The van der Waals surface area contributed by atoms with E-state index in [-0.39, 0.29) is 0 Å². The molecule has 38 heavy (non-hydrogen) atoms. The zero-order valence-electron chi connectivity index (χ0n) is 24.2. The smallest absolute Gasteiger partial charge is 0.133 e. The molecule has 0 heterocycles. The summed E-state index contributed by atoms with van der Waals surface area (Å²) in [6, 6.07) is 11.9. The van der Waals surface area contributed by atoms with Gasteiger partial charge in [0, 0.05) is 0 Å². The highest BCUT2D eigenvalue weighted by Crippen LogP contribution is 2.42. The van der Waals surface area contributed by atoms with Crippen molar-refractivity contribution in [1.82, 2.24) is 0 Å². The molecular formula is C34H38O4. The third kappa shape index (κ3) is 4.83. The Balaban J connectivity index is 1.75. The summed E-state index contributed by atoms with van der Waals surface area (Å²) in [6.07, 6.45) is 0. The van der Waals surface area contributed by atoms with Gasteiger partial charge in [-0.05, 0) is 172 Å². The topological polar surface area (TPSA) is 58.9 Å². The number of hydrogen-bond acceptors (Lipinski definition) is 4. The molecule has 4 heteroatoms. The van der Waals surface area contributed by atoms with Gasteiger partial charge in [0.1, 0.15) is 34.5 Å². The van der Waals surface area contributed by atoms with Crippen LogP contribution in [0.15, 0.2) is 36.4 Å². The lowest BCUT2D eigenvalue weighted by Gasteiger charge is -2.22. The molecule has 0 amide bonds. The van der Waals surface area contributed by atoms with Gasteiger partial charge in [0.15, 0.2) is 0 Å². The van der Waals surface area contributed by atoms with Crippen LogP contribution in [0.2, 0.25) is 0 Å². The van der Waals surface area contributed by atoms with Crippen LogP contribution in [0.3, 0.4) is 0 Å². The second-order valence-electron chi connectivity index (χ2n) is 10.7. The zero-order valence-corrected chi connectivity index (χ0v) is 24.2. The molecule has 0 saturated heterocycles. The van der Waals surface area contributed by atoms with Crippen molar-refractivity contribution in [1.29, 1.82) is 0 Å². The lowest BCUT2D eigenvalue weighted by atomic mass is 9.88. The van der Waals surface area contributed by atoms with Crippen LogP contribution in [-0.4, -0.2) is 10.2 Å². The molecule has 0 atom stereocenters. The summed E-state index contributed by atoms with van der Waals surface area (Å²) < 4.78 is 12.7. The first-order valence-corrected chi connectivity index (χ1v) is 13.0. The molecule has 0 aliphatic carbocycles. The summed E-state index contributed by atoms with van der Waals surface area (Å²) in [5.41, 5.74) is 12.2. The summed E-state index contributed by atoms with van der Waals surface area (Å²) in [4.78, 5) is 0. The highest BCUT2D eigenvalue weighted by atomic mass is 16.5. The minimum Gasteiger partial charge on any atom is -0.507 e. The van der Waals surface area contributed by atoms with Crippen molar-refractivity contribution in [3.05, 3.63) is 92.0 Å². The summed E-state index contributed by atoms with van der Waals surface area (Å²) in [6.45, 7) is 20.2. The first-order chi connectivity index (χ1) is 17.8. The van der Waals surface area contributed by atoms with E-state index in [2.05, 4.69) is 53.7 Å². The minimum atomic E-state index is 0.307. The largest absolute Gasteiger partial charge is 0.507 e. The van der Waals surface area contributed by atoms with Crippen molar-refractivity contribution in [3.8, 4) is 45.6 Å². The molecule has 2 N–H and O–H groups in total. The van der Waals surface area contributed by atoms with Gasteiger partial charge in [-0.15, -0.1) is 0 Å². The number of aromatic hydroxyl groups is 2. The number of hydrogen-bond donors (Lipinski definition) is 2. The standard InChI is InChI=1S/C34H38O4/c1-17-11-27(12-18(2)31(17)35)37-33-21(5)15-29(23(7)25(33)9)30-16-22(6)34(26(10)24(30)8)38-28-13-19(3)32(36)20(4)14-28/h11-16,35-36H,1-10H3. The maximum atomic E-state index is 10.1. The van der Waals surface area contributed by atoms with Gasteiger partial charge >= 0.3 is 0 Å². The average molecular weight is 511 g/mol. The summed E-state index contributed by atoms with van der Waals surface area (Å²) in [5, 5.41) is 20.3. The van der Waals surface area contributed by atoms with E-state index >= 15 is 0 Å². The van der Waals surface area contributed by atoms with Gasteiger partial charge in [-0.2, -0.15) is 0 Å². The second kappa shape index (κ2) is 10.1. The Morgan fingerprint density at radius 1 is 0.395 bits per heavy atom.